The van der Waals surface area contributed by atoms with Crippen LogP contribution in [0.3, 0.4) is 0 Å². The van der Waals surface area contributed by atoms with Gasteiger partial charge in [-0.2, -0.15) is 4.98 Å². The zero-order chi connectivity index (χ0) is 12.7. The smallest absolute Gasteiger partial charge is 0.224 e. The van der Waals surface area contributed by atoms with E-state index in [1.54, 1.807) is 0 Å². The van der Waals surface area contributed by atoms with Crippen LogP contribution in [0.25, 0.3) is 0 Å². The summed E-state index contributed by atoms with van der Waals surface area (Å²) in [6.07, 6.45) is 8.72. The molecule has 2 bridgehead atoms. The molecule has 0 amide bonds. The fourth-order valence-electron chi connectivity index (χ4n) is 3.50. The standard InChI is InChI=1S/C14H20N4O/c1-2-8-18(7-1)13-5-6-15-14(17-13)16-11-9-10-3-4-12(11)19-10/h5-6,10-12H,1-4,7-9H2,(H,15,16,17)/t10-,11-,12-/m1/s1. The molecule has 4 heterocycles. The summed E-state index contributed by atoms with van der Waals surface area (Å²) in [5.41, 5.74) is 0. The van der Waals surface area contributed by atoms with Crippen LogP contribution in [0.4, 0.5) is 11.8 Å². The van der Waals surface area contributed by atoms with Crippen LogP contribution in [0.2, 0.25) is 0 Å². The van der Waals surface area contributed by atoms with Gasteiger partial charge in [0.2, 0.25) is 5.95 Å². The normalized spacial score (nSPS) is 33.1. The summed E-state index contributed by atoms with van der Waals surface area (Å²) in [6, 6.07) is 2.40. The van der Waals surface area contributed by atoms with Crippen molar-refractivity contribution in [1.29, 1.82) is 0 Å². The van der Waals surface area contributed by atoms with Crippen LogP contribution in [0, 0.1) is 0 Å². The lowest BCUT2D eigenvalue weighted by Gasteiger charge is -2.21. The predicted molar refractivity (Wildman–Crippen MR) is 73.4 cm³/mol. The summed E-state index contributed by atoms with van der Waals surface area (Å²) in [7, 11) is 0. The molecule has 0 radical (unpaired) electrons. The van der Waals surface area contributed by atoms with E-state index in [0.717, 1.165) is 31.3 Å². The van der Waals surface area contributed by atoms with E-state index >= 15 is 0 Å². The van der Waals surface area contributed by atoms with Gasteiger partial charge in [0.05, 0.1) is 18.2 Å². The maximum absolute atomic E-state index is 5.86. The molecule has 0 unspecified atom stereocenters. The maximum Gasteiger partial charge on any atom is 0.224 e. The third-order valence-corrected chi connectivity index (χ3v) is 4.49. The van der Waals surface area contributed by atoms with Crippen molar-refractivity contribution in [2.75, 3.05) is 23.3 Å². The first kappa shape index (κ1) is 11.5. The van der Waals surface area contributed by atoms with Crippen LogP contribution in [0.1, 0.15) is 32.1 Å². The number of fused-ring (bicyclic) bond motifs is 2. The first-order valence-electron chi connectivity index (χ1n) is 7.38. The Morgan fingerprint density at radius 1 is 1.26 bits per heavy atom. The third-order valence-electron chi connectivity index (χ3n) is 4.49. The SMILES string of the molecule is c1cc(N2CCCC2)nc(N[C@@H]2C[C@H]3CC[C@H]2O3)n1. The molecule has 3 aliphatic rings. The first-order valence-corrected chi connectivity index (χ1v) is 7.38. The Morgan fingerprint density at radius 2 is 2.16 bits per heavy atom. The molecule has 0 saturated carbocycles. The van der Waals surface area contributed by atoms with E-state index in [0.29, 0.717) is 18.2 Å². The highest BCUT2D eigenvalue weighted by Crippen LogP contribution is 2.35. The number of rotatable bonds is 3. The highest BCUT2D eigenvalue weighted by atomic mass is 16.5. The average molecular weight is 260 g/mol. The Hall–Kier alpha value is -1.36. The van der Waals surface area contributed by atoms with Gasteiger partial charge in [-0.3, -0.25) is 0 Å². The minimum atomic E-state index is 0.365. The molecule has 3 saturated heterocycles. The van der Waals surface area contributed by atoms with Gasteiger partial charge in [-0.05, 0) is 38.2 Å². The number of nitrogens with zero attached hydrogens (tertiary/aromatic N) is 3. The number of hydrogen-bond acceptors (Lipinski definition) is 5. The minimum absolute atomic E-state index is 0.365. The van der Waals surface area contributed by atoms with Crippen molar-refractivity contribution in [2.45, 2.75) is 50.4 Å². The molecule has 0 aliphatic carbocycles. The van der Waals surface area contributed by atoms with Crippen molar-refractivity contribution in [3.63, 3.8) is 0 Å². The largest absolute Gasteiger partial charge is 0.373 e. The molecule has 19 heavy (non-hydrogen) atoms. The topological polar surface area (TPSA) is 50.3 Å². The van der Waals surface area contributed by atoms with Crippen molar-refractivity contribution >= 4 is 11.8 Å². The van der Waals surface area contributed by atoms with Gasteiger partial charge < -0.3 is 15.0 Å². The van der Waals surface area contributed by atoms with E-state index in [-0.39, 0.29) is 0 Å². The van der Waals surface area contributed by atoms with Crippen LogP contribution in [0.15, 0.2) is 12.3 Å². The monoisotopic (exact) mass is 260 g/mol. The molecule has 3 aliphatic heterocycles. The molecule has 1 aromatic heterocycles. The predicted octanol–water partition coefficient (Wildman–Crippen LogP) is 1.81. The Labute approximate surface area is 113 Å². The quantitative estimate of drug-likeness (QED) is 0.898. The molecule has 1 N–H and O–H groups in total. The van der Waals surface area contributed by atoms with Gasteiger partial charge in [0.25, 0.3) is 0 Å². The molecule has 1 aromatic rings. The Bertz CT molecular complexity index is 461. The van der Waals surface area contributed by atoms with Crippen LogP contribution < -0.4 is 10.2 Å². The van der Waals surface area contributed by atoms with Crippen LogP contribution in [0.5, 0.6) is 0 Å². The van der Waals surface area contributed by atoms with Crippen molar-refractivity contribution in [1.82, 2.24) is 9.97 Å². The van der Waals surface area contributed by atoms with E-state index in [1.165, 1.54) is 25.7 Å². The number of anilines is 2. The second-order valence-electron chi connectivity index (χ2n) is 5.79. The zero-order valence-electron chi connectivity index (χ0n) is 11.1. The van der Waals surface area contributed by atoms with Crippen molar-refractivity contribution in [2.24, 2.45) is 0 Å². The Kier molecular flexibility index (Phi) is 2.80. The molecule has 102 valence electrons. The molecular formula is C14H20N4O. The molecule has 4 rings (SSSR count). The fraction of sp³-hybridized carbons (Fsp3) is 0.714. The average Bonchev–Trinajstić information content (AvgIpc) is 3.17. The van der Waals surface area contributed by atoms with Crippen molar-refractivity contribution < 1.29 is 4.74 Å². The van der Waals surface area contributed by atoms with Gasteiger partial charge in [0.15, 0.2) is 0 Å². The molecule has 3 atom stereocenters. The summed E-state index contributed by atoms with van der Waals surface area (Å²) < 4.78 is 5.86. The summed E-state index contributed by atoms with van der Waals surface area (Å²) >= 11 is 0. The minimum Gasteiger partial charge on any atom is -0.373 e. The summed E-state index contributed by atoms with van der Waals surface area (Å²) in [5.74, 6) is 1.81. The number of hydrogen-bond donors (Lipinski definition) is 1. The first-order chi connectivity index (χ1) is 9.38. The highest BCUT2D eigenvalue weighted by molar-refractivity contribution is 5.43. The van der Waals surface area contributed by atoms with Crippen LogP contribution >= 0.6 is 0 Å². The lowest BCUT2D eigenvalue weighted by Crippen LogP contribution is -2.31. The molecule has 5 nitrogen and oxygen atoms in total. The van der Waals surface area contributed by atoms with Gasteiger partial charge in [0.1, 0.15) is 5.82 Å². The van der Waals surface area contributed by atoms with E-state index in [9.17, 15) is 0 Å². The van der Waals surface area contributed by atoms with Gasteiger partial charge in [-0.1, -0.05) is 0 Å². The van der Waals surface area contributed by atoms with Crippen molar-refractivity contribution in [3.05, 3.63) is 12.3 Å². The second-order valence-corrected chi connectivity index (χ2v) is 5.79. The summed E-state index contributed by atoms with van der Waals surface area (Å²) in [6.45, 7) is 2.24. The third kappa shape index (κ3) is 2.16. The van der Waals surface area contributed by atoms with E-state index in [2.05, 4.69) is 20.2 Å². The van der Waals surface area contributed by atoms with Gasteiger partial charge in [0, 0.05) is 19.3 Å². The number of ether oxygens (including phenoxy) is 1. The Morgan fingerprint density at radius 3 is 2.89 bits per heavy atom. The number of nitrogens with one attached hydrogen (secondary N) is 1. The molecule has 3 fully saturated rings. The lowest BCUT2D eigenvalue weighted by molar-refractivity contribution is 0.102. The maximum atomic E-state index is 5.86. The summed E-state index contributed by atoms with van der Waals surface area (Å²) in [4.78, 5) is 11.3. The molecule has 5 heteroatoms. The molecule has 0 spiro atoms. The zero-order valence-corrected chi connectivity index (χ0v) is 11.1. The molecular weight excluding hydrogens is 240 g/mol. The lowest BCUT2D eigenvalue weighted by atomic mass is 9.96. The molecule has 0 aromatic carbocycles. The summed E-state index contributed by atoms with van der Waals surface area (Å²) in [5, 5.41) is 3.46. The van der Waals surface area contributed by atoms with Gasteiger partial charge >= 0.3 is 0 Å². The van der Waals surface area contributed by atoms with E-state index in [1.807, 2.05) is 12.3 Å². The van der Waals surface area contributed by atoms with Gasteiger partial charge in [-0.15, -0.1) is 0 Å². The number of aromatic nitrogens is 2. The van der Waals surface area contributed by atoms with Crippen LogP contribution in [-0.4, -0.2) is 41.3 Å². The van der Waals surface area contributed by atoms with E-state index in [4.69, 9.17) is 4.74 Å². The van der Waals surface area contributed by atoms with Crippen molar-refractivity contribution in [3.8, 4) is 0 Å². The van der Waals surface area contributed by atoms with E-state index < -0.39 is 0 Å². The van der Waals surface area contributed by atoms with Crippen LogP contribution in [-0.2, 0) is 4.74 Å². The van der Waals surface area contributed by atoms with Gasteiger partial charge in [-0.25, -0.2) is 4.98 Å². The Balaban J connectivity index is 1.47. The highest BCUT2D eigenvalue weighted by Gasteiger charge is 2.41. The second kappa shape index (κ2) is 4.63. The fourth-order valence-corrected chi connectivity index (χ4v) is 3.50.